The molecule has 3 aromatic rings. The van der Waals surface area contributed by atoms with Crippen molar-refractivity contribution in [1.29, 1.82) is 0 Å². The molecule has 1 aliphatic heterocycles. The molecular weight excluding hydrogens is 415 g/mol. The number of benzene rings is 2. The molecule has 0 spiro atoms. The highest BCUT2D eigenvalue weighted by molar-refractivity contribution is 6.30. The van der Waals surface area contributed by atoms with E-state index in [-0.39, 0.29) is 12.6 Å². The highest BCUT2D eigenvalue weighted by Gasteiger charge is 2.40. The van der Waals surface area contributed by atoms with Crippen LogP contribution < -0.4 is 4.90 Å². The minimum absolute atomic E-state index is 0.248. The molecule has 2 aromatic carbocycles. The van der Waals surface area contributed by atoms with Gasteiger partial charge < -0.3 is 4.90 Å². The number of hydrogen-bond acceptors (Lipinski definition) is 2. The molecule has 30 heavy (non-hydrogen) atoms. The zero-order valence-electron chi connectivity index (χ0n) is 15.7. The largest absolute Gasteiger partial charge is 0.416 e. The summed E-state index contributed by atoms with van der Waals surface area (Å²) in [4.78, 5) is 20.4. The molecule has 2 amide bonds. The lowest BCUT2D eigenvalue weighted by Gasteiger charge is -2.24. The van der Waals surface area contributed by atoms with E-state index in [4.69, 9.17) is 11.6 Å². The van der Waals surface area contributed by atoms with E-state index in [9.17, 15) is 18.0 Å². The van der Waals surface area contributed by atoms with E-state index in [0.717, 1.165) is 17.7 Å². The summed E-state index contributed by atoms with van der Waals surface area (Å²) in [6.45, 7) is 0.559. The molecule has 0 N–H and O–H groups in total. The predicted molar refractivity (Wildman–Crippen MR) is 108 cm³/mol. The van der Waals surface area contributed by atoms with Crippen LogP contribution in [0.25, 0.3) is 0 Å². The molecule has 1 saturated heterocycles. The monoisotopic (exact) mass is 431 g/mol. The number of alkyl halides is 3. The summed E-state index contributed by atoms with van der Waals surface area (Å²) in [5.74, 6) is 0. The second kappa shape index (κ2) is 7.99. The van der Waals surface area contributed by atoms with Crippen LogP contribution in [0.4, 0.5) is 23.7 Å². The van der Waals surface area contributed by atoms with E-state index in [0.29, 0.717) is 22.8 Å². The molecule has 4 nitrogen and oxygen atoms in total. The number of urea groups is 1. The average Bonchev–Trinajstić information content (AvgIpc) is 3.05. The molecule has 8 heteroatoms. The number of carbonyl (C=O) groups excluding carboxylic acids is 1. The van der Waals surface area contributed by atoms with E-state index >= 15 is 0 Å². The van der Waals surface area contributed by atoms with Crippen molar-refractivity contribution >= 4 is 23.3 Å². The van der Waals surface area contributed by atoms with E-state index < -0.39 is 17.8 Å². The third-order valence-electron chi connectivity index (χ3n) is 4.98. The fourth-order valence-electron chi connectivity index (χ4n) is 3.57. The molecule has 1 atom stereocenters. The lowest BCUT2D eigenvalue weighted by Crippen LogP contribution is -2.32. The first-order chi connectivity index (χ1) is 14.3. The summed E-state index contributed by atoms with van der Waals surface area (Å²) in [5.41, 5.74) is 1.09. The number of rotatable bonds is 4. The number of carbonyl (C=O) groups is 1. The van der Waals surface area contributed by atoms with Crippen LogP contribution in [0.15, 0.2) is 73.1 Å². The predicted octanol–water partition coefficient (Wildman–Crippen LogP) is 5.94. The first-order valence-electron chi connectivity index (χ1n) is 9.23. The fourth-order valence-corrected chi connectivity index (χ4v) is 3.69. The maximum Gasteiger partial charge on any atom is 0.416 e. The first kappa shape index (κ1) is 20.2. The average molecular weight is 432 g/mol. The Hall–Kier alpha value is -3.06. The van der Waals surface area contributed by atoms with Gasteiger partial charge in [-0.1, -0.05) is 29.8 Å². The summed E-state index contributed by atoms with van der Waals surface area (Å²) in [5, 5.41) is 0.508. The van der Waals surface area contributed by atoms with E-state index in [1.165, 1.54) is 11.0 Å². The van der Waals surface area contributed by atoms with Gasteiger partial charge in [0.2, 0.25) is 0 Å². The Morgan fingerprint density at radius 2 is 1.83 bits per heavy atom. The van der Waals surface area contributed by atoms with Crippen LogP contribution in [0.1, 0.15) is 22.7 Å². The Balaban J connectivity index is 1.72. The summed E-state index contributed by atoms with van der Waals surface area (Å²) >= 11 is 5.97. The van der Waals surface area contributed by atoms with Gasteiger partial charge in [-0.05, 0) is 53.6 Å². The minimum Gasteiger partial charge on any atom is -0.318 e. The number of nitrogens with zero attached hydrogens (tertiary/aromatic N) is 3. The zero-order chi connectivity index (χ0) is 21.3. The highest BCUT2D eigenvalue weighted by Crippen LogP contribution is 2.38. The van der Waals surface area contributed by atoms with Crippen LogP contribution in [-0.2, 0) is 12.7 Å². The Kier molecular flexibility index (Phi) is 5.39. The molecule has 154 valence electrons. The molecule has 2 heterocycles. The summed E-state index contributed by atoms with van der Waals surface area (Å²) in [7, 11) is 0. The van der Waals surface area contributed by atoms with Crippen LogP contribution in [0.2, 0.25) is 5.02 Å². The zero-order valence-corrected chi connectivity index (χ0v) is 16.4. The maximum absolute atomic E-state index is 13.2. The molecule has 1 aliphatic rings. The van der Waals surface area contributed by atoms with Gasteiger partial charge in [-0.2, -0.15) is 13.2 Å². The van der Waals surface area contributed by atoms with Gasteiger partial charge in [-0.25, -0.2) is 4.79 Å². The third-order valence-corrected chi connectivity index (χ3v) is 5.23. The second-order valence-electron chi connectivity index (χ2n) is 7.01. The second-order valence-corrected chi connectivity index (χ2v) is 7.45. The van der Waals surface area contributed by atoms with Crippen molar-refractivity contribution in [2.75, 3.05) is 11.4 Å². The van der Waals surface area contributed by atoms with Gasteiger partial charge in [0.15, 0.2) is 0 Å². The number of pyridine rings is 1. The number of amides is 2. The van der Waals surface area contributed by atoms with Gasteiger partial charge in [-0.15, -0.1) is 0 Å². The summed E-state index contributed by atoms with van der Waals surface area (Å²) < 4.78 is 39.7. The number of anilines is 1. The quantitative estimate of drug-likeness (QED) is 0.512. The smallest absolute Gasteiger partial charge is 0.318 e. The van der Waals surface area contributed by atoms with Gasteiger partial charge in [-0.3, -0.25) is 9.88 Å². The van der Waals surface area contributed by atoms with Crippen molar-refractivity contribution in [3.05, 3.63) is 94.8 Å². The van der Waals surface area contributed by atoms with Gasteiger partial charge >= 0.3 is 12.2 Å². The molecule has 1 fully saturated rings. The Bertz CT molecular complexity index is 1040. The number of halogens is 4. The fraction of sp³-hybridized carbons (Fsp3) is 0.182. The van der Waals surface area contributed by atoms with Crippen molar-refractivity contribution in [2.24, 2.45) is 0 Å². The van der Waals surface area contributed by atoms with Gasteiger partial charge in [0, 0.05) is 36.2 Å². The molecule has 1 unspecified atom stereocenters. The van der Waals surface area contributed by atoms with Crippen molar-refractivity contribution in [1.82, 2.24) is 9.88 Å². The normalized spacial score (nSPS) is 16.9. The van der Waals surface area contributed by atoms with E-state index in [2.05, 4.69) is 4.98 Å². The van der Waals surface area contributed by atoms with E-state index in [1.54, 1.807) is 53.7 Å². The molecule has 0 aliphatic carbocycles. The van der Waals surface area contributed by atoms with Crippen molar-refractivity contribution in [3.63, 3.8) is 0 Å². The molecule has 4 rings (SSSR count). The standard InChI is InChI=1S/C22H17ClF3N3O/c23-18-6-8-19(9-7-18)29-20(16-4-1-5-17(11-16)22(24,25)26)14-28(21(29)30)13-15-3-2-10-27-12-15/h1-12,20H,13-14H2. The van der Waals surface area contributed by atoms with Crippen LogP contribution >= 0.6 is 11.6 Å². The van der Waals surface area contributed by atoms with Crippen LogP contribution in [0.5, 0.6) is 0 Å². The lowest BCUT2D eigenvalue weighted by molar-refractivity contribution is -0.137. The first-order valence-corrected chi connectivity index (χ1v) is 9.60. The molecule has 1 aromatic heterocycles. The van der Waals surface area contributed by atoms with Crippen molar-refractivity contribution in [2.45, 2.75) is 18.8 Å². The molecular formula is C22H17ClF3N3O. The molecule has 0 saturated carbocycles. The Morgan fingerprint density at radius 3 is 2.50 bits per heavy atom. The Labute approximate surface area is 176 Å². The van der Waals surface area contributed by atoms with Crippen molar-refractivity contribution in [3.8, 4) is 0 Å². The summed E-state index contributed by atoms with van der Waals surface area (Å²) in [6, 6.07) is 14.6. The lowest BCUT2D eigenvalue weighted by atomic mass is 10.0. The maximum atomic E-state index is 13.2. The third kappa shape index (κ3) is 4.11. The number of hydrogen-bond donors (Lipinski definition) is 0. The SMILES string of the molecule is O=C1N(Cc2cccnc2)CC(c2cccc(C(F)(F)F)c2)N1c1ccc(Cl)cc1. The topological polar surface area (TPSA) is 36.4 Å². The number of aromatic nitrogens is 1. The van der Waals surface area contributed by atoms with Gasteiger partial charge in [0.05, 0.1) is 11.6 Å². The molecule has 0 bridgehead atoms. The van der Waals surface area contributed by atoms with Crippen LogP contribution in [0, 0.1) is 0 Å². The Morgan fingerprint density at radius 1 is 1.07 bits per heavy atom. The van der Waals surface area contributed by atoms with Crippen LogP contribution in [-0.4, -0.2) is 22.5 Å². The van der Waals surface area contributed by atoms with Crippen molar-refractivity contribution < 1.29 is 18.0 Å². The van der Waals surface area contributed by atoms with E-state index in [1.807, 2.05) is 6.07 Å². The minimum atomic E-state index is -4.46. The molecule has 0 radical (unpaired) electrons. The summed E-state index contributed by atoms with van der Waals surface area (Å²) in [6.07, 6.45) is -1.16. The van der Waals surface area contributed by atoms with Gasteiger partial charge in [0.25, 0.3) is 0 Å². The highest BCUT2D eigenvalue weighted by atomic mass is 35.5. The van der Waals surface area contributed by atoms with Crippen LogP contribution in [0.3, 0.4) is 0 Å². The van der Waals surface area contributed by atoms with Gasteiger partial charge in [0.1, 0.15) is 0 Å².